The van der Waals surface area contributed by atoms with Crippen LogP contribution in [0.1, 0.15) is 21.6 Å². The molecule has 0 saturated heterocycles. The third kappa shape index (κ3) is 3.31. The first-order valence-corrected chi connectivity index (χ1v) is 7.38. The van der Waals surface area contributed by atoms with Gasteiger partial charge in [0.1, 0.15) is 6.07 Å². The van der Waals surface area contributed by atoms with Crippen LogP contribution in [0.25, 0.3) is 11.8 Å². The standard InChI is InChI=1S/C16H12BrN3O4/c1-24-16(23)15-14(19)10(7-18)8-20(15)12-6-11(17)4-2-9(12)3-5-13(21)22/h2-6,8H,19H2,1H3,(H,21,22). The van der Waals surface area contributed by atoms with Gasteiger partial charge in [0.2, 0.25) is 0 Å². The fourth-order valence-corrected chi connectivity index (χ4v) is 2.48. The van der Waals surface area contributed by atoms with Crippen molar-refractivity contribution in [1.29, 1.82) is 5.26 Å². The van der Waals surface area contributed by atoms with E-state index in [-0.39, 0.29) is 16.9 Å². The Balaban J connectivity index is 2.77. The lowest BCUT2D eigenvalue weighted by atomic mass is 10.1. The van der Waals surface area contributed by atoms with Gasteiger partial charge < -0.3 is 20.1 Å². The molecule has 122 valence electrons. The van der Waals surface area contributed by atoms with Gasteiger partial charge in [-0.25, -0.2) is 9.59 Å². The number of carboxylic acid groups (broad SMARTS) is 1. The van der Waals surface area contributed by atoms with Crippen molar-refractivity contribution in [2.24, 2.45) is 0 Å². The first kappa shape index (κ1) is 17.3. The summed E-state index contributed by atoms with van der Waals surface area (Å²) < 4.78 is 6.84. The Labute approximate surface area is 145 Å². The summed E-state index contributed by atoms with van der Waals surface area (Å²) in [6, 6.07) is 6.98. The van der Waals surface area contributed by atoms with Crippen LogP contribution in [0.2, 0.25) is 0 Å². The van der Waals surface area contributed by atoms with E-state index < -0.39 is 11.9 Å². The van der Waals surface area contributed by atoms with Gasteiger partial charge in [0.05, 0.1) is 24.0 Å². The highest BCUT2D eigenvalue weighted by molar-refractivity contribution is 9.10. The smallest absolute Gasteiger partial charge is 0.357 e. The predicted octanol–water partition coefficient (Wildman–Crippen LogP) is 2.58. The molecule has 1 aromatic carbocycles. The van der Waals surface area contributed by atoms with Crippen LogP contribution in [0.4, 0.5) is 5.69 Å². The number of rotatable bonds is 4. The number of carbonyl (C=O) groups excluding carboxylic acids is 1. The molecule has 2 aromatic rings. The molecule has 0 spiro atoms. The number of halogens is 1. The van der Waals surface area contributed by atoms with Crippen LogP contribution >= 0.6 is 15.9 Å². The van der Waals surface area contributed by atoms with Crippen LogP contribution in [0.15, 0.2) is 34.9 Å². The molecule has 0 atom stereocenters. The number of benzene rings is 1. The molecule has 1 heterocycles. The van der Waals surface area contributed by atoms with Gasteiger partial charge in [-0.2, -0.15) is 5.26 Å². The lowest BCUT2D eigenvalue weighted by Crippen LogP contribution is -2.11. The molecule has 0 amide bonds. The van der Waals surface area contributed by atoms with Gasteiger partial charge in [0.25, 0.3) is 0 Å². The van der Waals surface area contributed by atoms with Gasteiger partial charge in [0.15, 0.2) is 5.69 Å². The number of aromatic nitrogens is 1. The van der Waals surface area contributed by atoms with Crippen LogP contribution in [-0.2, 0) is 9.53 Å². The fourth-order valence-electron chi connectivity index (χ4n) is 2.13. The average Bonchev–Trinajstić information content (AvgIpc) is 2.89. The second-order valence-electron chi connectivity index (χ2n) is 4.65. The first-order chi connectivity index (χ1) is 11.4. The zero-order valence-electron chi connectivity index (χ0n) is 12.5. The Morgan fingerprint density at radius 1 is 1.46 bits per heavy atom. The van der Waals surface area contributed by atoms with Crippen molar-refractivity contribution >= 4 is 39.6 Å². The Morgan fingerprint density at radius 3 is 2.75 bits per heavy atom. The van der Waals surface area contributed by atoms with E-state index in [9.17, 15) is 9.59 Å². The molecule has 1 aromatic heterocycles. The molecule has 0 aliphatic carbocycles. The number of ether oxygens (including phenoxy) is 1. The molecule has 0 bridgehead atoms. The van der Waals surface area contributed by atoms with Crippen molar-refractivity contribution in [3.8, 4) is 11.8 Å². The van der Waals surface area contributed by atoms with Gasteiger partial charge in [-0.1, -0.05) is 22.0 Å². The second-order valence-corrected chi connectivity index (χ2v) is 5.57. The number of hydrogen-bond acceptors (Lipinski definition) is 5. The van der Waals surface area contributed by atoms with E-state index in [0.717, 1.165) is 6.08 Å². The molecule has 8 heteroatoms. The summed E-state index contributed by atoms with van der Waals surface area (Å²) in [4.78, 5) is 22.8. The number of hydrogen-bond donors (Lipinski definition) is 2. The van der Waals surface area contributed by atoms with E-state index in [1.165, 1.54) is 23.9 Å². The van der Waals surface area contributed by atoms with Crippen molar-refractivity contribution in [1.82, 2.24) is 4.57 Å². The van der Waals surface area contributed by atoms with Crippen molar-refractivity contribution in [3.63, 3.8) is 0 Å². The summed E-state index contributed by atoms with van der Waals surface area (Å²) in [5, 5.41) is 18.0. The summed E-state index contributed by atoms with van der Waals surface area (Å²) in [6.07, 6.45) is 3.76. The minimum atomic E-state index is -1.11. The molecular formula is C16H12BrN3O4. The number of carboxylic acids is 1. The average molecular weight is 390 g/mol. The van der Waals surface area contributed by atoms with E-state index in [1.54, 1.807) is 18.2 Å². The number of nitrogens with zero attached hydrogens (tertiary/aromatic N) is 2. The zero-order valence-corrected chi connectivity index (χ0v) is 14.1. The number of nitrogens with two attached hydrogens (primary N) is 1. The third-order valence-electron chi connectivity index (χ3n) is 3.20. The Bertz CT molecular complexity index is 893. The van der Waals surface area contributed by atoms with Gasteiger partial charge in [-0.15, -0.1) is 0 Å². The number of esters is 1. The third-order valence-corrected chi connectivity index (χ3v) is 3.69. The van der Waals surface area contributed by atoms with Crippen LogP contribution in [0.5, 0.6) is 0 Å². The van der Waals surface area contributed by atoms with E-state index in [1.807, 2.05) is 6.07 Å². The van der Waals surface area contributed by atoms with Crippen molar-refractivity contribution < 1.29 is 19.4 Å². The van der Waals surface area contributed by atoms with Crippen LogP contribution in [0, 0.1) is 11.3 Å². The summed E-state index contributed by atoms with van der Waals surface area (Å²) >= 11 is 3.33. The monoisotopic (exact) mass is 389 g/mol. The molecular weight excluding hydrogens is 378 g/mol. The number of anilines is 1. The SMILES string of the molecule is COC(=O)c1c(N)c(C#N)cn1-c1cc(Br)ccc1C=CC(=O)O. The van der Waals surface area contributed by atoms with E-state index >= 15 is 0 Å². The molecule has 0 saturated carbocycles. The Kier molecular flexibility index (Phi) is 5.06. The van der Waals surface area contributed by atoms with Crippen molar-refractivity contribution in [2.75, 3.05) is 12.8 Å². The van der Waals surface area contributed by atoms with Crippen molar-refractivity contribution in [2.45, 2.75) is 0 Å². The Morgan fingerprint density at radius 2 is 2.17 bits per heavy atom. The molecule has 0 fully saturated rings. The molecule has 24 heavy (non-hydrogen) atoms. The normalized spacial score (nSPS) is 10.5. The summed E-state index contributed by atoms with van der Waals surface area (Å²) in [5.74, 6) is -1.82. The largest absolute Gasteiger partial charge is 0.478 e. The number of nitrogen functional groups attached to an aromatic ring is 1. The number of aliphatic carboxylic acids is 1. The maximum atomic E-state index is 12.1. The van der Waals surface area contributed by atoms with Crippen molar-refractivity contribution in [3.05, 3.63) is 51.8 Å². The highest BCUT2D eigenvalue weighted by Crippen LogP contribution is 2.29. The zero-order chi connectivity index (χ0) is 17.9. The first-order valence-electron chi connectivity index (χ1n) is 6.59. The number of nitriles is 1. The van der Waals surface area contributed by atoms with Gasteiger partial charge >= 0.3 is 11.9 Å². The second kappa shape index (κ2) is 7.02. The van der Waals surface area contributed by atoms with Crippen LogP contribution in [-0.4, -0.2) is 28.7 Å². The molecule has 0 unspecified atom stereocenters. The maximum Gasteiger partial charge on any atom is 0.357 e. The van der Waals surface area contributed by atoms with E-state index in [0.29, 0.717) is 15.7 Å². The molecule has 0 aliphatic heterocycles. The van der Waals surface area contributed by atoms with Crippen LogP contribution < -0.4 is 5.73 Å². The lowest BCUT2D eigenvalue weighted by molar-refractivity contribution is -0.131. The lowest BCUT2D eigenvalue weighted by Gasteiger charge is -2.12. The fraction of sp³-hybridized carbons (Fsp3) is 0.0625. The van der Waals surface area contributed by atoms with E-state index in [2.05, 4.69) is 15.9 Å². The Hall–Kier alpha value is -3.05. The number of carbonyl (C=O) groups is 2. The minimum Gasteiger partial charge on any atom is -0.478 e. The molecule has 7 nitrogen and oxygen atoms in total. The summed E-state index contributed by atoms with van der Waals surface area (Å²) in [5.41, 5.74) is 6.97. The number of methoxy groups -OCH3 is 1. The highest BCUT2D eigenvalue weighted by atomic mass is 79.9. The summed E-state index contributed by atoms with van der Waals surface area (Å²) in [7, 11) is 1.21. The molecule has 0 aliphatic rings. The predicted molar refractivity (Wildman–Crippen MR) is 90.6 cm³/mol. The molecule has 3 N–H and O–H groups in total. The minimum absolute atomic E-state index is 0.00232. The van der Waals surface area contributed by atoms with Crippen LogP contribution in [0.3, 0.4) is 0 Å². The summed E-state index contributed by atoms with van der Waals surface area (Å²) in [6.45, 7) is 0. The quantitative estimate of drug-likeness (QED) is 0.612. The van der Waals surface area contributed by atoms with Gasteiger partial charge in [0, 0.05) is 16.7 Å². The van der Waals surface area contributed by atoms with Gasteiger partial charge in [-0.05, 0) is 23.8 Å². The highest BCUT2D eigenvalue weighted by Gasteiger charge is 2.22. The molecule has 2 rings (SSSR count). The molecule has 0 radical (unpaired) electrons. The topological polar surface area (TPSA) is 118 Å². The van der Waals surface area contributed by atoms with E-state index in [4.69, 9.17) is 20.8 Å². The maximum absolute atomic E-state index is 12.1. The van der Waals surface area contributed by atoms with Gasteiger partial charge in [-0.3, -0.25) is 0 Å².